The van der Waals surface area contributed by atoms with E-state index in [2.05, 4.69) is 38.7 Å². The van der Waals surface area contributed by atoms with Crippen LogP contribution in [0.4, 0.5) is 78.8 Å². The molecule has 2 aliphatic rings. The molecule has 0 aromatic heterocycles. The van der Waals surface area contributed by atoms with Crippen LogP contribution in [-0.2, 0) is 12.4 Å². The summed E-state index contributed by atoms with van der Waals surface area (Å²) in [6.07, 6.45) is -10.6. The predicted octanol–water partition coefficient (Wildman–Crippen LogP) is 10.3. The van der Waals surface area contributed by atoms with Gasteiger partial charge in [-0.15, -0.1) is 0 Å². The summed E-state index contributed by atoms with van der Waals surface area (Å²) in [5.74, 6) is -2.56. The maximum atomic E-state index is 13.3. The number of carbonyl (C=O) groups excluding carboxylic acids is 2. The van der Waals surface area contributed by atoms with Crippen molar-refractivity contribution >= 4 is 46.2 Å². The molecule has 0 bridgehead atoms. The molecule has 2 aliphatic heterocycles. The number of ether oxygens (including phenoxy) is 1. The molecule has 0 saturated carbocycles. The normalized spacial score (nSPS) is 13.0. The molecular weight excluding hydrogens is 740 g/mol. The van der Waals surface area contributed by atoms with Gasteiger partial charge >= 0.3 is 24.5 Å². The maximum Gasteiger partial charge on any atom is 0.419 e. The van der Waals surface area contributed by atoms with E-state index in [9.17, 15) is 44.7 Å². The van der Waals surface area contributed by atoms with Crippen LogP contribution in [0, 0.1) is 11.6 Å². The zero-order valence-electron chi connectivity index (χ0n) is 28.5. The summed E-state index contributed by atoms with van der Waals surface area (Å²) in [5.41, 5.74) is 0.603. The van der Waals surface area contributed by atoms with E-state index in [-0.39, 0.29) is 17.1 Å². The highest BCUT2D eigenvalue weighted by Crippen LogP contribution is 2.35. The Bertz CT molecular complexity index is 2070. The Morgan fingerprint density at radius 3 is 1.60 bits per heavy atom. The number of hydrogen-bond acceptors (Lipinski definition) is 6. The molecule has 17 heteroatoms. The van der Waals surface area contributed by atoms with Crippen LogP contribution in [0.5, 0.6) is 5.75 Å². The first kappa shape index (κ1) is 39.7. The molecule has 5 aromatic carbocycles. The summed E-state index contributed by atoms with van der Waals surface area (Å²) in [6.45, 7) is 2.92. The van der Waals surface area contributed by atoms with Crippen LogP contribution in [0.15, 0.2) is 115 Å². The van der Waals surface area contributed by atoms with Crippen LogP contribution in [0.25, 0.3) is 0 Å². The lowest BCUT2D eigenvalue weighted by Gasteiger charge is -2.30. The van der Waals surface area contributed by atoms with Crippen LogP contribution >= 0.6 is 0 Å². The molecule has 0 unspecified atom stereocenters. The Morgan fingerprint density at radius 2 is 1.05 bits per heavy atom. The lowest BCUT2D eigenvalue weighted by atomic mass is 10.1. The van der Waals surface area contributed by atoms with Crippen molar-refractivity contribution in [2.45, 2.75) is 12.4 Å². The largest absolute Gasteiger partial charge is 0.419 e. The molecule has 0 aliphatic carbocycles. The Balaban J connectivity index is 0.000000170. The molecule has 0 atom stereocenters. The van der Waals surface area contributed by atoms with Gasteiger partial charge < -0.3 is 26.0 Å². The molecule has 3 amide bonds. The average Bonchev–Trinajstić information content (AvgIpc) is 3.16. The lowest BCUT2D eigenvalue weighted by molar-refractivity contribution is -0.140. The van der Waals surface area contributed by atoms with Crippen molar-refractivity contribution in [1.29, 1.82) is 0 Å². The number of rotatable bonds is 3. The highest BCUT2D eigenvalue weighted by Gasteiger charge is 2.35. The van der Waals surface area contributed by atoms with Crippen molar-refractivity contribution in [3.63, 3.8) is 0 Å². The number of urea groups is 1. The number of nitrogens with one attached hydrogen (secondary N) is 5. The highest BCUT2D eigenvalue weighted by molar-refractivity contribution is 6.04. The minimum Gasteiger partial charge on any atom is -0.410 e. The second-order valence-corrected chi connectivity index (χ2v) is 11.6. The van der Waals surface area contributed by atoms with Crippen molar-refractivity contribution in [1.82, 2.24) is 0 Å². The van der Waals surface area contributed by atoms with Gasteiger partial charge in [0, 0.05) is 37.6 Å². The number of hydrogen-bond donors (Lipinski definition) is 5. The number of anilines is 6. The first-order chi connectivity index (χ1) is 26.2. The lowest BCUT2D eigenvalue weighted by Crippen LogP contribution is -2.41. The fourth-order valence-electron chi connectivity index (χ4n) is 5.25. The van der Waals surface area contributed by atoms with Crippen molar-refractivity contribution in [3.8, 4) is 5.75 Å². The van der Waals surface area contributed by atoms with E-state index in [1.54, 1.807) is 36.4 Å². The van der Waals surface area contributed by atoms with E-state index in [4.69, 9.17) is 4.74 Å². The smallest absolute Gasteiger partial charge is 0.410 e. The Labute approximate surface area is 309 Å². The van der Waals surface area contributed by atoms with E-state index >= 15 is 0 Å². The summed E-state index contributed by atoms with van der Waals surface area (Å²) >= 11 is 0. The van der Waals surface area contributed by atoms with Gasteiger partial charge in [0.25, 0.3) is 0 Å². The van der Waals surface area contributed by atoms with Crippen LogP contribution in [0.1, 0.15) is 11.1 Å². The second-order valence-electron chi connectivity index (χ2n) is 11.6. The maximum absolute atomic E-state index is 13.3. The van der Waals surface area contributed by atoms with Gasteiger partial charge in [0.1, 0.15) is 17.4 Å². The van der Waals surface area contributed by atoms with E-state index in [1.807, 2.05) is 18.2 Å². The Hall–Kier alpha value is -6.52. The van der Waals surface area contributed by atoms with E-state index in [0.717, 1.165) is 30.9 Å². The van der Waals surface area contributed by atoms with Crippen LogP contribution in [-0.4, -0.2) is 38.3 Å². The Morgan fingerprint density at radius 1 is 0.582 bits per heavy atom. The standard InChI is InChI=1S/C16H13F4N3O.C14H9F4NO2.C8H10N2/c17-12-6-5-10(9-11(12)16(18,19)20)22-15(24)23-8-7-21-13-3-1-2-4-14(13)23;15-12-7-6-9(8-11(12)14(16,17)18)19-13(20)21-10-4-2-1-3-5-10;1-2-4-8-7(3-1)9-5-6-10-8/h1-6,9,21H,7-8H2,(H,22,24);1-8H,(H,19,20);1-4,9-10H,5-6H2. The van der Waals surface area contributed by atoms with Gasteiger partial charge in [-0.05, 0) is 72.8 Å². The number of alkyl halides is 6. The van der Waals surface area contributed by atoms with E-state index in [1.165, 1.54) is 28.4 Å². The third-order valence-electron chi connectivity index (χ3n) is 7.77. The molecule has 0 fully saturated rings. The van der Waals surface area contributed by atoms with Crippen LogP contribution in [0.2, 0.25) is 0 Å². The third kappa shape index (κ3) is 11.0. The van der Waals surface area contributed by atoms with Crippen molar-refractivity contribution in [2.24, 2.45) is 0 Å². The minimum atomic E-state index is -4.84. The minimum absolute atomic E-state index is 0.121. The Kier molecular flexibility index (Phi) is 12.7. The summed E-state index contributed by atoms with van der Waals surface area (Å²) < 4.78 is 107. The highest BCUT2D eigenvalue weighted by atomic mass is 19.4. The zero-order valence-corrected chi connectivity index (χ0v) is 28.5. The number of amides is 3. The number of halogens is 8. The van der Waals surface area contributed by atoms with Gasteiger partial charge in [-0.3, -0.25) is 10.2 Å². The first-order valence-corrected chi connectivity index (χ1v) is 16.4. The number of carbonyl (C=O) groups is 2. The van der Waals surface area contributed by atoms with Crippen LogP contribution < -0.4 is 36.2 Å². The molecule has 0 saturated heterocycles. The van der Waals surface area contributed by atoms with Gasteiger partial charge in [0.2, 0.25) is 0 Å². The second kappa shape index (κ2) is 17.5. The van der Waals surface area contributed by atoms with Gasteiger partial charge in [0.15, 0.2) is 0 Å². The van der Waals surface area contributed by atoms with E-state index in [0.29, 0.717) is 43.0 Å². The monoisotopic (exact) mass is 772 g/mol. The summed E-state index contributed by atoms with van der Waals surface area (Å²) in [7, 11) is 0. The summed E-state index contributed by atoms with van der Waals surface area (Å²) in [5, 5.41) is 14.2. The third-order valence-corrected chi connectivity index (χ3v) is 7.77. The number of benzene rings is 5. The van der Waals surface area contributed by atoms with Crippen molar-refractivity contribution < 1.29 is 49.4 Å². The molecule has 5 N–H and O–H groups in total. The predicted molar refractivity (Wildman–Crippen MR) is 194 cm³/mol. The molecule has 0 spiro atoms. The molecule has 2 heterocycles. The van der Waals surface area contributed by atoms with Gasteiger partial charge in [-0.25, -0.2) is 18.4 Å². The quantitative estimate of drug-likeness (QED) is 0.117. The number of fused-ring (bicyclic) bond motifs is 2. The zero-order chi connectivity index (χ0) is 39.6. The fourth-order valence-corrected chi connectivity index (χ4v) is 5.25. The molecule has 55 heavy (non-hydrogen) atoms. The molecule has 288 valence electrons. The molecular formula is C38H32F8N6O3. The number of para-hydroxylation sites is 5. The van der Waals surface area contributed by atoms with E-state index < -0.39 is 47.2 Å². The van der Waals surface area contributed by atoms with Gasteiger partial charge in [0.05, 0.1) is 33.9 Å². The van der Waals surface area contributed by atoms with Crippen molar-refractivity contribution in [3.05, 3.63) is 138 Å². The molecule has 7 rings (SSSR count). The topological polar surface area (TPSA) is 107 Å². The number of nitrogens with zero attached hydrogens (tertiary/aromatic N) is 1. The molecule has 5 aromatic rings. The van der Waals surface area contributed by atoms with Gasteiger partial charge in [-0.1, -0.05) is 42.5 Å². The molecule has 0 radical (unpaired) electrons. The fraction of sp³-hybridized carbons (Fsp3) is 0.158. The van der Waals surface area contributed by atoms with Crippen molar-refractivity contribution in [2.75, 3.05) is 57.7 Å². The van der Waals surface area contributed by atoms with Gasteiger partial charge in [-0.2, -0.15) is 26.3 Å². The van der Waals surface area contributed by atoms with Crippen LogP contribution in [0.3, 0.4) is 0 Å². The molecule has 9 nitrogen and oxygen atoms in total. The first-order valence-electron chi connectivity index (χ1n) is 16.4. The summed E-state index contributed by atoms with van der Waals surface area (Å²) in [6, 6.07) is 27.2. The SMILES string of the molecule is O=C(Nc1ccc(F)c(C(F)(F)F)c1)N1CCNc2ccccc21.O=C(Nc1ccc(F)c(C(F)(F)F)c1)Oc1ccccc1.c1ccc2c(c1)NCCN2. The summed E-state index contributed by atoms with van der Waals surface area (Å²) in [4.78, 5) is 25.3. The average molecular weight is 773 g/mol.